The highest BCUT2D eigenvalue weighted by atomic mass is 31.2. The number of nitrogens with one attached hydrogen (secondary N) is 4. The number of ether oxygens (including phenoxy) is 4. The highest BCUT2D eigenvalue weighted by Gasteiger charge is 2.41. The molecule has 0 bridgehead atoms. The van der Waals surface area contributed by atoms with E-state index in [1.54, 1.807) is 0 Å². The molecule has 4 aromatic rings. The molecule has 40 nitrogen and oxygen atoms in total. The van der Waals surface area contributed by atoms with E-state index in [1.165, 1.54) is 52.5 Å². The molecule has 4 saturated heterocycles. The highest BCUT2D eigenvalue weighted by molar-refractivity contribution is 7.47. The number of aromatic amines is 4. The minimum Gasteiger partial charge on any atom is -0.390 e. The lowest BCUT2D eigenvalue weighted by molar-refractivity contribution is -0.0451. The lowest BCUT2D eigenvalue weighted by Gasteiger charge is -2.16. The van der Waals surface area contributed by atoms with E-state index in [0.717, 1.165) is 18.3 Å². The van der Waals surface area contributed by atoms with E-state index in [4.69, 9.17) is 58.1 Å². The standard InChI is InChI=1S/4C10H15N2O8P/c4*1-5-3-12(10(15)11-9(5)14)8-2-6(13)7(20-8)4-19-21(16,17)18/h4*3,6-8,13H,2,4H2,1H3,(H,11,14,15)(H2,16,17,18)/t4*6-,7+,8+/m0000/s1. The third-order valence-electron chi connectivity index (χ3n) is 12.3. The van der Waals surface area contributed by atoms with E-state index in [0.29, 0.717) is 22.3 Å². The Hall–Kier alpha value is -5.16. The van der Waals surface area contributed by atoms with Gasteiger partial charge in [0.05, 0.1) is 50.8 Å². The van der Waals surface area contributed by atoms with Crippen molar-refractivity contribution in [2.24, 2.45) is 0 Å². The second-order valence-corrected chi connectivity index (χ2v) is 23.7. The molecule has 0 aromatic carbocycles. The van der Waals surface area contributed by atoms with Crippen LogP contribution in [0.15, 0.2) is 63.1 Å². The third-order valence-corrected chi connectivity index (χ3v) is 14.2. The van der Waals surface area contributed by atoms with Gasteiger partial charge in [0, 0.05) is 72.7 Å². The summed E-state index contributed by atoms with van der Waals surface area (Å²) in [5, 5.41) is 39.1. The summed E-state index contributed by atoms with van der Waals surface area (Å²) in [6.45, 7) is 3.97. The third kappa shape index (κ3) is 20.5. The molecule has 0 unspecified atom stereocenters. The predicted octanol–water partition coefficient (Wildman–Crippen LogP) is -5.59. The van der Waals surface area contributed by atoms with E-state index >= 15 is 0 Å². The maximum atomic E-state index is 11.7. The van der Waals surface area contributed by atoms with Crippen LogP contribution >= 0.6 is 31.3 Å². The summed E-state index contributed by atoms with van der Waals surface area (Å²) in [7, 11) is -18.7. The Balaban J connectivity index is 0.000000205. The molecular weight excluding hydrogens is 1230 g/mol. The first-order valence-corrected chi connectivity index (χ1v) is 30.2. The number of aryl methyl sites for hydroxylation is 4. The molecule has 4 aromatic heterocycles. The van der Waals surface area contributed by atoms with Crippen molar-refractivity contribution in [3.8, 4) is 0 Å². The van der Waals surface area contributed by atoms with Crippen LogP contribution in [0, 0.1) is 27.7 Å². The SMILES string of the molecule is Cc1cn([C@H]2C[C@H](O)[C@@H](COP(=O)(O)O)O2)c(=O)[nH]c1=O.Cc1cn([C@H]2C[C@H](O)[C@@H](COP(=O)(O)O)O2)c(=O)[nH]c1=O.Cc1cn([C@H]2C[C@H](O)[C@@H](COP(=O)(O)O)O2)c(=O)[nH]c1=O.Cc1cn([C@H]2C[C@H](O)[C@@H](COP(=O)(O)O)O2)c(=O)[nH]c1=O. The van der Waals surface area contributed by atoms with Crippen molar-refractivity contribution in [2.75, 3.05) is 26.4 Å². The summed E-state index contributed by atoms with van der Waals surface area (Å²) in [6, 6.07) is 0. The van der Waals surface area contributed by atoms with Crippen LogP contribution in [0.1, 0.15) is 72.8 Å². The Kier molecular flexibility index (Phi) is 23.7. The zero-order valence-electron chi connectivity index (χ0n) is 44.0. The zero-order chi connectivity index (χ0) is 63.1. The van der Waals surface area contributed by atoms with Gasteiger partial charge in [0.1, 0.15) is 49.3 Å². The molecule has 0 spiro atoms. The van der Waals surface area contributed by atoms with Gasteiger partial charge in [-0.25, -0.2) is 37.4 Å². The Morgan fingerprint density at radius 2 is 0.548 bits per heavy atom. The van der Waals surface area contributed by atoms with Gasteiger partial charge >= 0.3 is 54.0 Å². The van der Waals surface area contributed by atoms with Gasteiger partial charge in [-0.15, -0.1) is 0 Å². The Bertz CT molecular complexity index is 3180. The number of hydrogen-bond donors (Lipinski definition) is 16. The fraction of sp³-hybridized carbons (Fsp3) is 0.600. The fourth-order valence-corrected chi connectivity index (χ4v) is 9.39. The van der Waals surface area contributed by atoms with Gasteiger partial charge in [0.2, 0.25) is 0 Å². The van der Waals surface area contributed by atoms with Crippen LogP contribution in [-0.4, -0.2) is 173 Å². The van der Waals surface area contributed by atoms with Gasteiger partial charge in [0.25, 0.3) is 22.2 Å². The monoisotopic (exact) mass is 1290 g/mol. The predicted molar refractivity (Wildman–Crippen MR) is 274 cm³/mol. The summed E-state index contributed by atoms with van der Waals surface area (Å²) < 4.78 is 85.4. The molecule has 16 N–H and O–H groups in total. The molecule has 12 atom stereocenters. The first-order chi connectivity index (χ1) is 38.7. The molecule has 0 radical (unpaired) electrons. The van der Waals surface area contributed by atoms with Crippen molar-refractivity contribution in [1.29, 1.82) is 0 Å². The number of rotatable bonds is 16. The van der Waals surface area contributed by atoms with Crippen LogP contribution in [0.25, 0.3) is 0 Å². The molecular formula is C40H60N8O32P4. The van der Waals surface area contributed by atoms with E-state index in [9.17, 15) is 77.0 Å². The number of H-pyrrole nitrogens is 4. The molecule has 0 amide bonds. The van der Waals surface area contributed by atoms with Crippen molar-refractivity contribution in [1.82, 2.24) is 38.2 Å². The minimum absolute atomic E-state index is 0.0283. The topological polar surface area (TPSA) is 604 Å². The van der Waals surface area contributed by atoms with Crippen molar-refractivity contribution >= 4 is 31.3 Å². The van der Waals surface area contributed by atoms with Gasteiger partial charge in [-0.3, -0.25) is 75.5 Å². The molecule has 84 heavy (non-hydrogen) atoms. The number of aliphatic hydroxyl groups is 4. The lowest BCUT2D eigenvalue weighted by atomic mass is 10.2. The average molecular weight is 1290 g/mol. The number of nitrogens with zero attached hydrogens (tertiary/aromatic N) is 4. The number of phosphoric acid groups is 4. The zero-order valence-corrected chi connectivity index (χ0v) is 47.6. The summed E-state index contributed by atoms with van der Waals surface area (Å²) >= 11 is 0. The second kappa shape index (κ2) is 28.6. The quantitative estimate of drug-likeness (QED) is 0.0465. The van der Waals surface area contributed by atoms with Crippen molar-refractivity contribution < 1.29 is 115 Å². The van der Waals surface area contributed by atoms with Crippen LogP contribution < -0.4 is 45.0 Å². The van der Waals surface area contributed by atoms with Gasteiger partial charge in [-0.1, -0.05) is 0 Å². The molecule has 8 rings (SSSR count). The number of hydrogen-bond acceptors (Lipinski definition) is 24. The van der Waals surface area contributed by atoms with E-state index in [2.05, 4.69) is 38.0 Å². The normalized spacial score (nSPS) is 26.2. The minimum atomic E-state index is -4.67. The van der Waals surface area contributed by atoms with E-state index in [1.807, 2.05) is 0 Å². The van der Waals surface area contributed by atoms with Crippen molar-refractivity contribution in [3.63, 3.8) is 0 Å². The maximum Gasteiger partial charge on any atom is 0.469 e. The van der Waals surface area contributed by atoms with E-state index in [-0.39, 0.29) is 25.7 Å². The van der Waals surface area contributed by atoms with Gasteiger partial charge in [-0.2, -0.15) is 0 Å². The lowest BCUT2D eigenvalue weighted by Crippen LogP contribution is -2.33. The first kappa shape index (κ1) is 69.6. The van der Waals surface area contributed by atoms with Crippen molar-refractivity contribution in [3.05, 3.63) is 130 Å². The number of aromatic nitrogens is 8. The Morgan fingerprint density at radius 1 is 0.381 bits per heavy atom. The average Bonchev–Trinajstić information content (AvgIpc) is 3.42. The van der Waals surface area contributed by atoms with Gasteiger partial charge in [0.15, 0.2) is 0 Å². The molecule has 8 heterocycles. The maximum absolute atomic E-state index is 11.7. The molecule has 44 heteroatoms. The molecule has 0 saturated carbocycles. The molecule has 4 aliphatic heterocycles. The Labute approximate surface area is 467 Å². The summed E-state index contributed by atoms with van der Waals surface area (Å²) in [5.41, 5.74) is -3.67. The largest absolute Gasteiger partial charge is 0.469 e. The fourth-order valence-electron chi connectivity index (χ4n) is 8.03. The van der Waals surface area contributed by atoms with Crippen LogP contribution in [0.4, 0.5) is 0 Å². The van der Waals surface area contributed by atoms with Crippen molar-refractivity contribution in [2.45, 2.75) is 127 Å². The molecule has 0 aliphatic carbocycles. The number of phosphoric ester groups is 4. The molecule has 4 fully saturated rings. The van der Waals surface area contributed by atoms with Gasteiger partial charge in [-0.05, 0) is 27.7 Å². The second-order valence-electron chi connectivity index (χ2n) is 18.8. The van der Waals surface area contributed by atoms with Crippen LogP contribution in [0.5, 0.6) is 0 Å². The smallest absolute Gasteiger partial charge is 0.390 e. The summed E-state index contributed by atoms with van der Waals surface area (Å²) in [4.78, 5) is 169. The molecule has 4 aliphatic rings. The summed E-state index contributed by atoms with van der Waals surface area (Å²) in [6.07, 6.45) is -6.27. The highest BCUT2D eigenvalue weighted by Crippen LogP contribution is 2.41. The Morgan fingerprint density at radius 3 is 0.702 bits per heavy atom. The van der Waals surface area contributed by atoms with Gasteiger partial charge < -0.3 is 78.5 Å². The van der Waals surface area contributed by atoms with Crippen LogP contribution in [-0.2, 0) is 55.3 Å². The number of aliphatic hydroxyl groups excluding tert-OH is 4. The first-order valence-electron chi connectivity index (χ1n) is 24.1. The van der Waals surface area contributed by atoms with Crippen LogP contribution in [0.3, 0.4) is 0 Å². The van der Waals surface area contributed by atoms with E-state index < -0.39 is 176 Å². The molecule has 472 valence electrons. The van der Waals surface area contributed by atoms with Crippen LogP contribution in [0.2, 0.25) is 0 Å². The summed E-state index contributed by atoms with van der Waals surface area (Å²) in [5.74, 6) is 0.